The first-order valence-corrected chi connectivity index (χ1v) is 18.5. The Balaban J connectivity index is 0.00000351. The quantitative estimate of drug-likeness (QED) is 0.0874. The largest absolute Gasteiger partial charge is 1.00 e. The molecule has 0 N–H and O–H groups in total. The second-order valence-electron chi connectivity index (χ2n) is 11.6. The molecule has 0 bridgehead atoms. The van der Waals surface area contributed by atoms with Crippen LogP contribution in [0, 0.1) is 5.66 Å². The van der Waals surface area contributed by atoms with E-state index < -0.39 is 15.8 Å². The molecular weight excluding hydrogens is 692 g/mol. The predicted molar refractivity (Wildman–Crippen MR) is 202 cm³/mol. The zero-order valence-corrected chi connectivity index (χ0v) is 29.3. The summed E-state index contributed by atoms with van der Waals surface area (Å²) >= 11 is 0. The van der Waals surface area contributed by atoms with Crippen molar-refractivity contribution < 1.29 is 19.5 Å². The van der Waals surface area contributed by atoms with E-state index in [0.29, 0.717) is 0 Å². The third-order valence-corrected chi connectivity index (χ3v) is 13.9. The van der Waals surface area contributed by atoms with E-state index in [0.717, 1.165) is 0 Å². The van der Waals surface area contributed by atoms with Crippen molar-refractivity contribution in [3.63, 3.8) is 0 Å². The van der Waals surface area contributed by atoms with Gasteiger partial charge in [0.25, 0.3) is 0 Å². The SMILES string of the molecule is C1=C[C-](P(c2ccccc2)c2ccccc2)C(c2c(P(c3ccccc3)c3ccccc3)ccc3ccccc23)c2ccccc21.[Ru+]. The Morgan fingerprint density at radius 3 is 1.53 bits per heavy atom. The summed E-state index contributed by atoms with van der Waals surface area (Å²) in [6.07, 6.45) is 4.81. The van der Waals surface area contributed by atoms with Crippen LogP contribution in [0.15, 0.2) is 188 Å². The Hall–Kier alpha value is -4.11. The molecule has 3 heteroatoms. The molecule has 1 aliphatic rings. The Labute approximate surface area is 293 Å². The van der Waals surface area contributed by atoms with Crippen LogP contribution in [0.25, 0.3) is 16.8 Å². The maximum absolute atomic E-state index is 2.46. The molecule has 0 heterocycles. The van der Waals surface area contributed by atoms with Crippen LogP contribution in [0.3, 0.4) is 0 Å². The smallest absolute Gasteiger partial charge is 0.219 e. The molecule has 0 nitrogen and oxygen atoms in total. The summed E-state index contributed by atoms with van der Waals surface area (Å²) in [6.45, 7) is 0. The number of fused-ring (bicyclic) bond motifs is 2. The van der Waals surface area contributed by atoms with Gasteiger partial charge in [-0.3, -0.25) is 0 Å². The second kappa shape index (κ2) is 14.3. The molecule has 227 valence electrons. The third kappa shape index (κ3) is 6.18. The molecule has 8 rings (SSSR count). The average Bonchev–Trinajstić information content (AvgIpc) is 3.14. The Morgan fingerprint density at radius 2 is 0.936 bits per heavy atom. The minimum atomic E-state index is -0.831. The number of hydrogen-bond donors (Lipinski definition) is 0. The van der Waals surface area contributed by atoms with E-state index in [2.05, 4.69) is 194 Å². The molecule has 0 aromatic heterocycles. The van der Waals surface area contributed by atoms with Crippen LogP contribution >= 0.6 is 15.8 Å². The summed E-state index contributed by atoms with van der Waals surface area (Å²) < 4.78 is 0. The van der Waals surface area contributed by atoms with Crippen LogP contribution in [0.1, 0.15) is 22.6 Å². The van der Waals surface area contributed by atoms with Gasteiger partial charge >= 0.3 is 19.5 Å². The molecule has 47 heavy (non-hydrogen) atoms. The van der Waals surface area contributed by atoms with Crippen LogP contribution in [0.5, 0.6) is 0 Å². The first-order chi connectivity index (χ1) is 22.9. The Morgan fingerprint density at radius 1 is 0.447 bits per heavy atom. The van der Waals surface area contributed by atoms with Crippen molar-refractivity contribution in [3.8, 4) is 0 Å². The summed E-state index contributed by atoms with van der Waals surface area (Å²) in [7, 11) is -1.65. The van der Waals surface area contributed by atoms with E-state index in [9.17, 15) is 0 Å². The molecule has 7 aromatic rings. The molecule has 1 radical (unpaired) electrons. The van der Waals surface area contributed by atoms with Gasteiger partial charge in [-0.15, -0.1) is 13.5 Å². The van der Waals surface area contributed by atoms with E-state index in [4.69, 9.17) is 0 Å². The van der Waals surface area contributed by atoms with Crippen molar-refractivity contribution in [2.75, 3.05) is 0 Å². The van der Waals surface area contributed by atoms with Gasteiger partial charge in [-0.2, -0.15) is 5.66 Å². The van der Waals surface area contributed by atoms with Gasteiger partial charge in [0.15, 0.2) is 0 Å². The fourth-order valence-corrected chi connectivity index (χ4v) is 11.9. The van der Waals surface area contributed by atoms with Crippen molar-refractivity contribution in [2.24, 2.45) is 0 Å². The van der Waals surface area contributed by atoms with E-state index in [-0.39, 0.29) is 25.4 Å². The van der Waals surface area contributed by atoms with Crippen molar-refractivity contribution in [1.29, 1.82) is 0 Å². The van der Waals surface area contributed by atoms with Gasteiger partial charge in [-0.05, 0) is 56.7 Å². The van der Waals surface area contributed by atoms with Gasteiger partial charge in [0.05, 0.1) is 0 Å². The second-order valence-corrected chi connectivity index (χ2v) is 16.0. The summed E-state index contributed by atoms with van der Waals surface area (Å²) in [5.41, 5.74) is 5.59. The number of rotatable bonds is 7. The summed E-state index contributed by atoms with van der Waals surface area (Å²) in [5, 5.41) is 9.54. The zero-order valence-electron chi connectivity index (χ0n) is 25.8. The van der Waals surface area contributed by atoms with Crippen LogP contribution in [-0.4, -0.2) is 0 Å². The average molecular weight is 725 g/mol. The molecule has 0 amide bonds. The number of benzene rings is 7. The van der Waals surface area contributed by atoms with Crippen LogP contribution < -0.4 is 26.5 Å². The Bertz CT molecular complexity index is 2030. The predicted octanol–water partition coefficient (Wildman–Crippen LogP) is 9.42. The molecule has 0 fully saturated rings. The van der Waals surface area contributed by atoms with E-state index >= 15 is 0 Å². The molecule has 0 spiro atoms. The molecule has 7 aromatic carbocycles. The molecule has 1 aliphatic carbocycles. The van der Waals surface area contributed by atoms with Gasteiger partial charge < -0.3 is 0 Å². The zero-order chi connectivity index (χ0) is 30.7. The minimum Gasteiger partial charge on any atom is -0.219 e. The normalized spacial score (nSPS) is 13.8. The van der Waals surface area contributed by atoms with Crippen molar-refractivity contribution in [3.05, 3.63) is 210 Å². The summed E-state index contributed by atoms with van der Waals surface area (Å²) in [6, 6.07) is 67.4. The van der Waals surface area contributed by atoms with Gasteiger partial charge in [-0.1, -0.05) is 188 Å². The third-order valence-electron chi connectivity index (χ3n) is 8.83. The van der Waals surface area contributed by atoms with E-state index in [1.165, 1.54) is 59.6 Å². The number of allylic oxidation sites excluding steroid dienone is 1. The van der Waals surface area contributed by atoms with E-state index in [1.807, 2.05) is 0 Å². The van der Waals surface area contributed by atoms with E-state index in [1.54, 1.807) is 0 Å². The fraction of sp³-hybridized carbons (Fsp3) is 0.0227. The summed E-state index contributed by atoms with van der Waals surface area (Å²) in [4.78, 5) is 0. The molecule has 1 unspecified atom stereocenters. The Kier molecular flexibility index (Phi) is 9.61. The van der Waals surface area contributed by atoms with Crippen molar-refractivity contribution in [1.82, 2.24) is 0 Å². The molecule has 0 saturated carbocycles. The van der Waals surface area contributed by atoms with Gasteiger partial charge in [0, 0.05) is 0 Å². The van der Waals surface area contributed by atoms with Gasteiger partial charge in [-0.25, -0.2) is 12.2 Å². The first kappa shape index (κ1) is 31.5. The fourth-order valence-electron chi connectivity index (χ4n) is 6.83. The molecular formula is C44H33P2Ru. The molecule has 0 aliphatic heterocycles. The topological polar surface area (TPSA) is 0 Å². The number of hydrogen-bond acceptors (Lipinski definition) is 0. The van der Waals surface area contributed by atoms with Crippen molar-refractivity contribution in [2.45, 2.75) is 5.92 Å². The molecule has 1 atom stereocenters. The molecule has 0 saturated heterocycles. The minimum absolute atomic E-state index is 0. The standard InChI is InChI=1S/C44H33P2.Ru/c1-5-19-35(20-6-1)45(36-21-7-2-8-22-36)41-31-29-33-17-13-15-27-39(33)43(41)44-40-28-16-14-18-34(40)30-32-42(44)46(37-23-9-3-10-24-37)38-25-11-4-12-26-38;/h1-32,43H;/q-1;+1. The van der Waals surface area contributed by atoms with Gasteiger partial charge in [0.2, 0.25) is 0 Å². The maximum Gasteiger partial charge on any atom is 1.00 e. The monoisotopic (exact) mass is 725 g/mol. The van der Waals surface area contributed by atoms with Crippen molar-refractivity contribution >= 4 is 59.2 Å². The van der Waals surface area contributed by atoms with Crippen LogP contribution in [0.4, 0.5) is 0 Å². The van der Waals surface area contributed by atoms with Crippen LogP contribution in [-0.2, 0) is 19.5 Å². The van der Waals surface area contributed by atoms with Crippen LogP contribution in [0.2, 0.25) is 0 Å². The first-order valence-electron chi connectivity index (χ1n) is 15.8. The maximum atomic E-state index is 2.46. The summed E-state index contributed by atoms with van der Waals surface area (Å²) in [5.74, 6) is 0.0891. The van der Waals surface area contributed by atoms with Gasteiger partial charge in [0.1, 0.15) is 0 Å².